The first-order chi connectivity index (χ1) is 10.9. The predicted molar refractivity (Wildman–Crippen MR) is 76.7 cm³/mol. The molecular weight excluding hydrogens is 309 g/mol. The van der Waals surface area contributed by atoms with E-state index in [0.717, 1.165) is 0 Å². The fraction of sp³-hybridized carbons (Fsp3) is 0.188. The Labute approximate surface area is 130 Å². The molecule has 0 saturated carbocycles. The number of carbonyl (C=O) groups excluding carboxylic acids is 2. The zero-order valence-electron chi connectivity index (χ0n) is 11.9. The van der Waals surface area contributed by atoms with E-state index in [0.29, 0.717) is 12.0 Å². The summed E-state index contributed by atoms with van der Waals surface area (Å²) in [5, 5.41) is 1.94. The Morgan fingerprint density at radius 2 is 1.83 bits per heavy atom. The number of pyridine rings is 1. The third kappa shape index (κ3) is 4.38. The highest BCUT2D eigenvalue weighted by Crippen LogP contribution is 2.32. The topological polar surface area (TPSA) is 59.1 Å². The molecule has 0 spiro atoms. The second-order valence-electron chi connectivity index (χ2n) is 4.74. The van der Waals surface area contributed by atoms with Crippen LogP contribution in [0.4, 0.5) is 13.2 Å². The first kappa shape index (κ1) is 16.7. The van der Waals surface area contributed by atoms with Crippen molar-refractivity contribution in [1.29, 1.82) is 0 Å². The Bertz CT molecular complexity index is 687. The lowest BCUT2D eigenvalue weighted by Gasteiger charge is -2.22. The Morgan fingerprint density at radius 1 is 1.13 bits per heavy atom. The summed E-state index contributed by atoms with van der Waals surface area (Å²) >= 11 is 0. The summed E-state index contributed by atoms with van der Waals surface area (Å²) in [6, 6.07) is 9.23. The van der Waals surface area contributed by atoms with Crippen molar-refractivity contribution in [3.05, 3.63) is 65.5 Å². The number of nitrogens with zero attached hydrogens (tertiary/aromatic N) is 1. The summed E-state index contributed by atoms with van der Waals surface area (Å²) in [6.07, 6.45) is -4.05. The smallest absolute Gasteiger partial charge is 0.335 e. The Balaban J connectivity index is 2.24. The number of benzene rings is 1. The molecule has 1 aromatic carbocycles. The number of alkyl halides is 3. The van der Waals surface area contributed by atoms with Gasteiger partial charge in [0.25, 0.3) is 5.91 Å². The zero-order chi connectivity index (χ0) is 16.9. The third-order valence-corrected chi connectivity index (χ3v) is 3.07. The second-order valence-corrected chi connectivity index (χ2v) is 4.74. The van der Waals surface area contributed by atoms with Crippen LogP contribution in [0.5, 0.6) is 0 Å². The molecule has 2 aromatic rings. The number of rotatable bonds is 5. The summed E-state index contributed by atoms with van der Waals surface area (Å²) in [5.41, 5.74) is 0.0721. The molecule has 1 amide bonds. The second kappa shape index (κ2) is 7.04. The monoisotopic (exact) mass is 322 g/mol. The Hall–Kier alpha value is -2.70. The molecular formula is C16H13F3N2O2. The van der Waals surface area contributed by atoms with Gasteiger partial charge >= 0.3 is 6.18 Å². The van der Waals surface area contributed by atoms with Crippen molar-refractivity contribution in [2.24, 2.45) is 0 Å². The van der Waals surface area contributed by atoms with Gasteiger partial charge in [0.05, 0.1) is 0 Å². The summed E-state index contributed by atoms with van der Waals surface area (Å²) in [7, 11) is 0. The molecule has 4 nitrogen and oxygen atoms in total. The SMILES string of the molecule is O=CCc1cccc(C(=O)N[C@H](c2ccccc2)C(F)(F)F)n1. The van der Waals surface area contributed by atoms with Gasteiger partial charge in [0.2, 0.25) is 0 Å². The van der Waals surface area contributed by atoms with Crippen LogP contribution in [0, 0.1) is 0 Å². The van der Waals surface area contributed by atoms with Crippen LogP contribution in [0.3, 0.4) is 0 Å². The van der Waals surface area contributed by atoms with Crippen molar-refractivity contribution in [2.45, 2.75) is 18.6 Å². The molecule has 0 radical (unpaired) electrons. The van der Waals surface area contributed by atoms with Gasteiger partial charge in [0.15, 0.2) is 6.04 Å². The zero-order valence-corrected chi connectivity index (χ0v) is 11.9. The minimum atomic E-state index is -4.64. The fourth-order valence-electron chi connectivity index (χ4n) is 2.01. The fourth-order valence-corrected chi connectivity index (χ4v) is 2.01. The Kier molecular flexibility index (Phi) is 5.10. The number of aldehydes is 1. The molecule has 0 aliphatic rings. The number of amides is 1. The summed E-state index contributed by atoms with van der Waals surface area (Å²) in [5.74, 6) is -0.955. The van der Waals surface area contributed by atoms with E-state index in [4.69, 9.17) is 0 Å². The van der Waals surface area contributed by atoms with E-state index in [-0.39, 0.29) is 17.7 Å². The van der Waals surface area contributed by atoms with Gasteiger partial charge in [-0.05, 0) is 17.7 Å². The number of nitrogens with one attached hydrogen (secondary N) is 1. The quantitative estimate of drug-likeness (QED) is 0.861. The largest absolute Gasteiger partial charge is 0.412 e. The van der Waals surface area contributed by atoms with Crippen molar-refractivity contribution < 1.29 is 22.8 Å². The van der Waals surface area contributed by atoms with Crippen molar-refractivity contribution >= 4 is 12.2 Å². The van der Waals surface area contributed by atoms with Crippen LogP contribution in [-0.4, -0.2) is 23.4 Å². The predicted octanol–water partition coefficient (Wildman–Crippen LogP) is 2.86. The molecule has 0 bridgehead atoms. The normalized spacial score (nSPS) is 12.5. The average molecular weight is 322 g/mol. The van der Waals surface area contributed by atoms with Gasteiger partial charge in [-0.15, -0.1) is 0 Å². The highest BCUT2D eigenvalue weighted by Gasteiger charge is 2.42. The minimum Gasteiger partial charge on any atom is -0.335 e. The van der Waals surface area contributed by atoms with Crippen LogP contribution in [0.2, 0.25) is 0 Å². The molecule has 0 unspecified atom stereocenters. The summed E-state index contributed by atoms with van der Waals surface area (Å²) < 4.78 is 39.6. The molecule has 0 saturated heterocycles. The molecule has 120 valence electrons. The van der Waals surface area contributed by atoms with Gasteiger partial charge in [-0.1, -0.05) is 36.4 Å². The number of halogens is 3. The average Bonchev–Trinajstić information content (AvgIpc) is 2.52. The minimum absolute atomic E-state index is 0.0114. The molecule has 0 aliphatic carbocycles. The summed E-state index contributed by atoms with van der Waals surface area (Å²) in [4.78, 5) is 26.4. The van der Waals surface area contributed by atoms with Crippen molar-refractivity contribution in [1.82, 2.24) is 10.3 Å². The van der Waals surface area contributed by atoms with E-state index < -0.39 is 18.1 Å². The molecule has 0 fully saturated rings. The summed E-state index contributed by atoms with van der Waals surface area (Å²) in [6.45, 7) is 0. The van der Waals surface area contributed by atoms with Crippen LogP contribution in [0.15, 0.2) is 48.5 Å². The van der Waals surface area contributed by atoms with Crippen LogP contribution in [0.1, 0.15) is 27.8 Å². The van der Waals surface area contributed by atoms with Crippen LogP contribution in [-0.2, 0) is 11.2 Å². The first-order valence-corrected chi connectivity index (χ1v) is 6.74. The van der Waals surface area contributed by atoms with Gasteiger partial charge in [-0.2, -0.15) is 13.2 Å². The lowest BCUT2D eigenvalue weighted by Crippen LogP contribution is -2.38. The molecule has 23 heavy (non-hydrogen) atoms. The molecule has 1 heterocycles. The maximum absolute atomic E-state index is 13.2. The van der Waals surface area contributed by atoms with E-state index in [1.54, 1.807) is 6.07 Å². The molecule has 2 rings (SSSR count). The number of carbonyl (C=O) groups is 2. The lowest BCUT2D eigenvalue weighted by atomic mass is 10.1. The van der Waals surface area contributed by atoms with E-state index >= 15 is 0 Å². The first-order valence-electron chi connectivity index (χ1n) is 6.74. The van der Waals surface area contributed by atoms with Crippen molar-refractivity contribution in [3.63, 3.8) is 0 Å². The number of hydrogen-bond donors (Lipinski definition) is 1. The van der Waals surface area contributed by atoms with E-state index in [1.807, 2.05) is 5.32 Å². The van der Waals surface area contributed by atoms with E-state index in [9.17, 15) is 22.8 Å². The van der Waals surface area contributed by atoms with Crippen molar-refractivity contribution in [3.8, 4) is 0 Å². The molecule has 0 aliphatic heterocycles. The van der Waals surface area contributed by atoms with Gasteiger partial charge in [0, 0.05) is 12.1 Å². The maximum atomic E-state index is 13.2. The van der Waals surface area contributed by atoms with Gasteiger partial charge in [-0.25, -0.2) is 4.98 Å². The molecule has 1 N–H and O–H groups in total. The number of aromatic nitrogens is 1. The molecule has 1 atom stereocenters. The van der Waals surface area contributed by atoms with Crippen LogP contribution >= 0.6 is 0 Å². The van der Waals surface area contributed by atoms with Gasteiger partial charge in [-0.3, -0.25) is 4.79 Å². The molecule has 7 heteroatoms. The highest BCUT2D eigenvalue weighted by atomic mass is 19.4. The van der Waals surface area contributed by atoms with Gasteiger partial charge < -0.3 is 10.1 Å². The Morgan fingerprint density at radius 3 is 2.43 bits per heavy atom. The molecule has 1 aromatic heterocycles. The van der Waals surface area contributed by atoms with Crippen LogP contribution in [0.25, 0.3) is 0 Å². The standard InChI is InChI=1S/C16H13F3N2O2/c17-16(18,19)14(11-5-2-1-3-6-11)21-15(23)13-8-4-7-12(20-13)9-10-22/h1-8,10,14H,9H2,(H,21,23)/t14-/m1/s1. The third-order valence-electron chi connectivity index (χ3n) is 3.07. The van der Waals surface area contributed by atoms with E-state index in [1.165, 1.54) is 42.5 Å². The van der Waals surface area contributed by atoms with Crippen LogP contribution < -0.4 is 5.32 Å². The number of hydrogen-bond acceptors (Lipinski definition) is 3. The lowest BCUT2D eigenvalue weighted by molar-refractivity contribution is -0.155. The van der Waals surface area contributed by atoms with E-state index in [2.05, 4.69) is 4.98 Å². The van der Waals surface area contributed by atoms with Gasteiger partial charge in [0.1, 0.15) is 12.0 Å². The maximum Gasteiger partial charge on any atom is 0.412 e. The highest BCUT2D eigenvalue weighted by molar-refractivity contribution is 5.92. The van der Waals surface area contributed by atoms with Crippen molar-refractivity contribution in [2.75, 3.05) is 0 Å².